The lowest BCUT2D eigenvalue weighted by Crippen LogP contribution is -2.26. The summed E-state index contributed by atoms with van der Waals surface area (Å²) in [5.74, 6) is 0.723. The van der Waals surface area contributed by atoms with Crippen molar-refractivity contribution >= 4 is 23.2 Å². The lowest BCUT2D eigenvalue weighted by molar-refractivity contribution is 0.334. The molecule has 0 aliphatic heterocycles. The summed E-state index contributed by atoms with van der Waals surface area (Å²) in [5, 5.41) is 4.72. The minimum Gasteiger partial charge on any atom is -0.492 e. The average Bonchev–Trinajstić information content (AvgIpc) is 2.54. The second kappa shape index (κ2) is 9.17. The molecule has 0 radical (unpaired) electrons. The Bertz CT molecular complexity index is 616. The maximum Gasteiger partial charge on any atom is 0.142 e. The first kappa shape index (κ1) is 18.1. The molecule has 0 bridgehead atoms. The first-order chi connectivity index (χ1) is 11.1. The molecular weight excluding hydrogens is 329 g/mol. The third-order valence-corrected chi connectivity index (χ3v) is 4.22. The lowest BCUT2D eigenvalue weighted by atomic mass is 10.1. The van der Waals surface area contributed by atoms with Crippen molar-refractivity contribution in [2.75, 3.05) is 6.61 Å². The molecule has 0 aliphatic rings. The van der Waals surface area contributed by atoms with Crippen LogP contribution in [0.4, 0.5) is 0 Å². The van der Waals surface area contributed by atoms with Crippen molar-refractivity contribution < 1.29 is 4.74 Å². The number of rotatable bonds is 8. The number of aryl methyl sites for hydroxylation is 1. The van der Waals surface area contributed by atoms with E-state index in [0.29, 0.717) is 29.2 Å². The number of hydrogen-bond acceptors (Lipinski definition) is 2. The van der Waals surface area contributed by atoms with Gasteiger partial charge in [0.15, 0.2) is 0 Å². The molecule has 0 unspecified atom stereocenters. The van der Waals surface area contributed by atoms with Gasteiger partial charge in [-0.25, -0.2) is 0 Å². The van der Waals surface area contributed by atoms with Crippen LogP contribution in [0.25, 0.3) is 0 Å². The van der Waals surface area contributed by atoms with Gasteiger partial charge in [-0.05, 0) is 44.4 Å². The summed E-state index contributed by atoms with van der Waals surface area (Å²) in [5.41, 5.74) is 2.36. The van der Waals surface area contributed by atoms with Gasteiger partial charge in [0.25, 0.3) is 0 Å². The van der Waals surface area contributed by atoms with E-state index in [-0.39, 0.29) is 0 Å². The van der Waals surface area contributed by atoms with Gasteiger partial charge < -0.3 is 10.1 Å². The SMILES string of the molecule is CCOc1c(Cl)cc(Cl)cc1CN[C@@H](C)CCc1ccccc1. The van der Waals surface area contributed by atoms with E-state index < -0.39 is 0 Å². The molecule has 2 nitrogen and oxygen atoms in total. The molecule has 0 aliphatic carbocycles. The summed E-state index contributed by atoms with van der Waals surface area (Å²) in [6.07, 6.45) is 2.13. The summed E-state index contributed by atoms with van der Waals surface area (Å²) in [4.78, 5) is 0. The van der Waals surface area contributed by atoms with Gasteiger partial charge in [0.2, 0.25) is 0 Å². The van der Waals surface area contributed by atoms with Crippen LogP contribution in [0.1, 0.15) is 31.4 Å². The average molecular weight is 352 g/mol. The predicted octanol–water partition coefficient (Wildman–Crippen LogP) is 5.50. The minimum absolute atomic E-state index is 0.391. The Morgan fingerprint density at radius 1 is 1.13 bits per heavy atom. The molecule has 0 aromatic heterocycles. The van der Waals surface area contributed by atoms with E-state index in [0.717, 1.165) is 24.2 Å². The standard InChI is InChI=1S/C19H23Cl2NO/c1-3-23-19-16(11-17(20)12-18(19)21)13-22-14(2)9-10-15-7-5-4-6-8-15/h4-8,11-12,14,22H,3,9-10,13H2,1-2H3/t14-/m0/s1. The summed E-state index contributed by atoms with van der Waals surface area (Å²) in [6, 6.07) is 14.6. The third kappa shape index (κ3) is 5.72. The summed E-state index contributed by atoms with van der Waals surface area (Å²) >= 11 is 12.3. The largest absolute Gasteiger partial charge is 0.492 e. The topological polar surface area (TPSA) is 21.3 Å². The van der Waals surface area contributed by atoms with Crippen LogP contribution >= 0.6 is 23.2 Å². The van der Waals surface area contributed by atoms with Gasteiger partial charge in [-0.15, -0.1) is 0 Å². The molecule has 124 valence electrons. The fourth-order valence-electron chi connectivity index (χ4n) is 2.47. The lowest BCUT2D eigenvalue weighted by Gasteiger charge is -2.17. The van der Waals surface area contributed by atoms with Gasteiger partial charge in [-0.1, -0.05) is 53.5 Å². The van der Waals surface area contributed by atoms with Crippen LogP contribution in [-0.2, 0) is 13.0 Å². The molecule has 23 heavy (non-hydrogen) atoms. The normalized spacial score (nSPS) is 12.2. The van der Waals surface area contributed by atoms with Crippen LogP contribution in [0.15, 0.2) is 42.5 Å². The number of benzene rings is 2. The first-order valence-corrected chi connectivity index (χ1v) is 8.73. The quantitative estimate of drug-likeness (QED) is 0.677. The van der Waals surface area contributed by atoms with Crippen LogP contribution in [0.2, 0.25) is 10.0 Å². The van der Waals surface area contributed by atoms with Crippen LogP contribution in [-0.4, -0.2) is 12.6 Å². The fraction of sp³-hybridized carbons (Fsp3) is 0.368. The fourth-order valence-corrected chi connectivity index (χ4v) is 3.06. The number of nitrogens with one attached hydrogen (secondary N) is 1. The van der Waals surface area contributed by atoms with Gasteiger partial charge >= 0.3 is 0 Å². The van der Waals surface area contributed by atoms with Crippen molar-refractivity contribution in [3.05, 3.63) is 63.6 Å². The summed E-state index contributed by atoms with van der Waals surface area (Å²) < 4.78 is 5.65. The van der Waals surface area contributed by atoms with E-state index in [1.54, 1.807) is 6.07 Å². The highest BCUT2D eigenvalue weighted by Crippen LogP contribution is 2.32. The van der Waals surface area contributed by atoms with Crippen LogP contribution in [0.5, 0.6) is 5.75 Å². The van der Waals surface area contributed by atoms with Crippen molar-refractivity contribution in [1.82, 2.24) is 5.32 Å². The van der Waals surface area contributed by atoms with Crippen molar-refractivity contribution in [3.63, 3.8) is 0 Å². The Morgan fingerprint density at radius 3 is 2.57 bits per heavy atom. The Kier molecular flexibility index (Phi) is 7.22. The molecule has 0 heterocycles. The molecule has 4 heteroatoms. The third-order valence-electron chi connectivity index (χ3n) is 3.72. The van der Waals surface area contributed by atoms with Gasteiger partial charge in [-0.2, -0.15) is 0 Å². The molecule has 2 rings (SSSR count). The Labute approximate surface area is 148 Å². The first-order valence-electron chi connectivity index (χ1n) is 7.98. The monoisotopic (exact) mass is 351 g/mol. The maximum atomic E-state index is 6.23. The number of hydrogen-bond donors (Lipinski definition) is 1. The molecule has 0 spiro atoms. The second-order valence-corrected chi connectivity index (χ2v) is 6.46. The van der Waals surface area contributed by atoms with Crippen molar-refractivity contribution in [2.45, 2.75) is 39.3 Å². The predicted molar refractivity (Wildman–Crippen MR) is 98.7 cm³/mol. The summed E-state index contributed by atoms with van der Waals surface area (Å²) in [6.45, 7) is 5.41. The zero-order valence-corrected chi connectivity index (χ0v) is 15.1. The molecule has 0 saturated carbocycles. The van der Waals surface area contributed by atoms with E-state index in [2.05, 4.69) is 36.5 Å². The van der Waals surface area contributed by atoms with E-state index in [9.17, 15) is 0 Å². The van der Waals surface area contributed by atoms with E-state index in [1.807, 2.05) is 19.1 Å². The zero-order chi connectivity index (χ0) is 16.7. The van der Waals surface area contributed by atoms with E-state index >= 15 is 0 Å². The maximum absolute atomic E-state index is 6.23. The van der Waals surface area contributed by atoms with E-state index in [4.69, 9.17) is 27.9 Å². The molecule has 2 aromatic rings. The molecule has 0 amide bonds. The number of halogens is 2. The van der Waals surface area contributed by atoms with Gasteiger partial charge in [0.05, 0.1) is 11.6 Å². The summed E-state index contributed by atoms with van der Waals surface area (Å²) in [7, 11) is 0. The molecule has 2 aromatic carbocycles. The highest BCUT2D eigenvalue weighted by Gasteiger charge is 2.11. The van der Waals surface area contributed by atoms with Crippen molar-refractivity contribution in [3.8, 4) is 5.75 Å². The highest BCUT2D eigenvalue weighted by molar-refractivity contribution is 6.35. The smallest absolute Gasteiger partial charge is 0.142 e. The molecule has 1 N–H and O–H groups in total. The van der Waals surface area contributed by atoms with Crippen LogP contribution in [0, 0.1) is 0 Å². The Hall–Kier alpha value is -1.22. The second-order valence-electron chi connectivity index (χ2n) is 5.62. The Balaban J connectivity index is 1.92. The molecule has 0 saturated heterocycles. The van der Waals surface area contributed by atoms with Crippen molar-refractivity contribution in [2.24, 2.45) is 0 Å². The van der Waals surface area contributed by atoms with Gasteiger partial charge in [0.1, 0.15) is 5.75 Å². The molecular formula is C19H23Cl2NO. The van der Waals surface area contributed by atoms with Crippen LogP contribution < -0.4 is 10.1 Å². The van der Waals surface area contributed by atoms with Gasteiger partial charge in [-0.3, -0.25) is 0 Å². The van der Waals surface area contributed by atoms with Crippen molar-refractivity contribution in [1.29, 1.82) is 0 Å². The zero-order valence-electron chi connectivity index (χ0n) is 13.6. The molecule has 1 atom stereocenters. The highest BCUT2D eigenvalue weighted by atomic mass is 35.5. The van der Waals surface area contributed by atoms with Crippen LogP contribution in [0.3, 0.4) is 0 Å². The minimum atomic E-state index is 0.391. The number of ether oxygens (including phenoxy) is 1. The Morgan fingerprint density at radius 2 is 1.87 bits per heavy atom. The van der Waals surface area contributed by atoms with Gasteiger partial charge in [0, 0.05) is 23.2 Å². The molecule has 0 fully saturated rings. The van der Waals surface area contributed by atoms with E-state index in [1.165, 1.54) is 5.56 Å².